The van der Waals surface area contributed by atoms with Gasteiger partial charge in [0.1, 0.15) is 5.78 Å². The van der Waals surface area contributed by atoms with Gasteiger partial charge in [-0.25, -0.2) is 4.89 Å². The topological polar surface area (TPSA) is 46.5 Å². The monoisotopic (exact) mass is 172 g/mol. The van der Waals surface area contributed by atoms with E-state index < -0.39 is 0 Å². The molecule has 3 heteroatoms. The van der Waals surface area contributed by atoms with Crippen LogP contribution in [-0.2, 0) is 9.68 Å². The highest BCUT2D eigenvalue weighted by Gasteiger charge is 2.33. The van der Waals surface area contributed by atoms with Crippen molar-refractivity contribution in [3.8, 4) is 0 Å². The number of rotatable bonds is 2. The summed E-state index contributed by atoms with van der Waals surface area (Å²) in [4.78, 5) is 15.3. The van der Waals surface area contributed by atoms with Crippen molar-refractivity contribution in [2.75, 3.05) is 6.61 Å². The van der Waals surface area contributed by atoms with Crippen LogP contribution in [0.2, 0.25) is 0 Å². The molecule has 1 aliphatic carbocycles. The number of Topliss-reactive ketones (excluding diaryl/α,β-unsaturated/α-hetero) is 1. The summed E-state index contributed by atoms with van der Waals surface area (Å²) in [5, 5.41) is 8.25. The molecule has 0 aromatic carbocycles. The SMILES string of the molecule is CC1(C)CCC(=O)[C@H](COO)C1. The van der Waals surface area contributed by atoms with Gasteiger partial charge >= 0.3 is 0 Å². The predicted molar refractivity (Wildman–Crippen MR) is 44.7 cm³/mol. The zero-order valence-electron chi connectivity index (χ0n) is 7.67. The summed E-state index contributed by atoms with van der Waals surface area (Å²) in [5.74, 6) is 0.127. The highest BCUT2D eigenvalue weighted by Crippen LogP contribution is 2.36. The molecule has 0 bridgehead atoms. The first-order valence-electron chi connectivity index (χ1n) is 4.34. The Bertz CT molecular complexity index is 175. The Morgan fingerprint density at radius 2 is 2.33 bits per heavy atom. The van der Waals surface area contributed by atoms with Gasteiger partial charge in [0.05, 0.1) is 6.61 Å². The lowest BCUT2D eigenvalue weighted by molar-refractivity contribution is -0.251. The lowest BCUT2D eigenvalue weighted by atomic mass is 9.72. The van der Waals surface area contributed by atoms with Gasteiger partial charge in [0.25, 0.3) is 0 Å². The molecule has 1 aliphatic rings. The Morgan fingerprint density at radius 1 is 1.67 bits per heavy atom. The second-order valence-electron chi connectivity index (χ2n) is 4.33. The van der Waals surface area contributed by atoms with E-state index in [1.54, 1.807) is 0 Å². The fraction of sp³-hybridized carbons (Fsp3) is 0.889. The third kappa shape index (κ3) is 2.29. The van der Waals surface area contributed by atoms with Crippen LogP contribution in [0.15, 0.2) is 0 Å². The Hall–Kier alpha value is -0.410. The van der Waals surface area contributed by atoms with Crippen LogP contribution in [-0.4, -0.2) is 17.6 Å². The maximum Gasteiger partial charge on any atom is 0.138 e. The average molecular weight is 172 g/mol. The molecule has 1 fully saturated rings. The van der Waals surface area contributed by atoms with Crippen LogP contribution >= 0.6 is 0 Å². The van der Waals surface area contributed by atoms with Crippen molar-refractivity contribution in [3.05, 3.63) is 0 Å². The van der Waals surface area contributed by atoms with Gasteiger partial charge in [-0.1, -0.05) is 13.8 Å². The van der Waals surface area contributed by atoms with Gasteiger partial charge in [0.15, 0.2) is 0 Å². The fourth-order valence-electron chi connectivity index (χ4n) is 1.79. The first-order valence-corrected chi connectivity index (χ1v) is 4.34. The van der Waals surface area contributed by atoms with Crippen LogP contribution in [0.4, 0.5) is 0 Å². The molecule has 0 aliphatic heterocycles. The third-order valence-electron chi connectivity index (χ3n) is 2.58. The first kappa shape index (κ1) is 9.68. The minimum Gasteiger partial charge on any atom is -0.299 e. The standard InChI is InChI=1S/C9H16O3/c1-9(2)4-3-8(10)7(5-9)6-12-11/h7,11H,3-6H2,1-2H3/t7-/m0/s1. The molecule has 12 heavy (non-hydrogen) atoms. The predicted octanol–water partition coefficient (Wildman–Crippen LogP) is 1.87. The number of ketones is 1. The quantitative estimate of drug-likeness (QED) is 0.511. The normalized spacial score (nSPS) is 28.9. The Labute approximate surface area is 72.7 Å². The Kier molecular flexibility index (Phi) is 2.85. The largest absolute Gasteiger partial charge is 0.299 e. The van der Waals surface area contributed by atoms with E-state index in [-0.39, 0.29) is 23.7 Å². The summed E-state index contributed by atoms with van der Waals surface area (Å²) in [6.07, 6.45) is 2.40. The lowest BCUT2D eigenvalue weighted by Crippen LogP contribution is -2.32. The Morgan fingerprint density at radius 3 is 2.92 bits per heavy atom. The maximum atomic E-state index is 11.3. The molecular formula is C9H16O3. The second kappa shape index (κ2) is 3.54. The molecule has 0 saturated heterocycles. The van der Waals surface area contributed by atoms with Crippen molar-refractivity contribution < 1.29 is 14.9 Å². The zero-order chi connectivity index (χ0) is 9.19. The summed E-state index contributed by atoms with van der Waals surface area (Å²) in [5.41, 5.74) is 0.219. The van der Waals surface area contributed by atoms with E-state index in [9.17, 15) is 4.79 Å². The molecule has 0 radical (unpaired) electrons. The summed E-state index contributed by atoms with van der Waals surface area (Å²) in [7, 11) is 0. The molecule has 1 N–H and O–H groups in total. The van der Waals surface area contributed by atoms with Gasteiger partial charge in [-0.2, -0.15) is 0 Å². The molecule has 0 spiro atoms. The molecule has 70 valence electrons. The maximum absolute atomic E-state index is 11.3. The van der Waals surface area contributed by atoms with Gasteiger partial charge in [-0.15, -0.1) is 0 Å². The van der Waals surface area contributed by atoms with E-state index in [1.807, 2.05) is 0 Å². The summed E-state index contributed by atoms with van der Waals surface area (Å²) >= 11 is 0. The molecule has 0 amide bonds. The molecule has 1 rings (SSSR count). The lowest BCUT2D eigenvalue weighted by Gasteiger charge is -2.33. The van der Waals surface area contributed by atoms with E-state index in [4.69, 9.17) is 5.26 Å². The second-order valence-corrected chi connectivity index (χ2v) is 4.33. The molecule has 0 aromatic heterocycles. The van der Waals surface area contributed by atoms with E-state index in [2.05, 4.69) is 18.7 Å². The van der Waals surface area contributed by atoms with Crippen molar-refractivity contribution in [2.45, 2.75) is 33.1 Å². The van der Waals surface area contributed by atoms with Crippen molar-refractivity contribution in [2.24, 2.45) is 11.3 Å². The Balaban J connectivity index is 2.53. The number of hydrogen-bond donors (Lipinski definition) is 1. The highest BCUT2D eigenvalue weighted by molar-refractivity contribution is 5.82. The van der Waals surface area contributed by atoms with Gasteiger partial charge in [-0.05, 0) is 18.3 Å². The van der Waals surface area contributed by atoms with Crippen LogP contribution in [0.5, 0.6) is 0 Å². The molecule has 1 atom stereocenters. The average Bonchev–Trinajstić information content (AvgIpc) is 1.97. The van der Waals surface area contributed by atoms with Crippen LogP contribution in [0.3, 0.4) is 0 Å². The number of carbonyl (C=O) groups excluding carboxylic acids is 1. The number of hydrogen-bond acceptors (Lipinski definition) is 3. The minimum absolute atomic E-state index is 0.0984. The molecule has 0 unspecified atom stereocenters. The van der Waals surface area contributed by atoms with Gasteiger partial charge in [0.2, 0.25) is 0 Å². The first-order chi connectivity index (χ1) is 5.55. The van der Waals surface area contributed by atoms with E-state index >= 15 is 0 Å². The van der Waals surface area contributed by atoms with E-state index in [0.29, 0.717) is 6.42 Å². The molecule has 0 aromatic rings. The van der Waals surface area contributed by atoms with Crippen LogP contribution in [0.1, 0.15) is 33.1 Å². The van der Waals surface area contributed by atoms with Crippen molar-refractivity contribution >= 4 is 5.78 Å². The van der Waals surface area contributed by atoms with Gasteiger partial charge in [0, 0.05) is 12.3 Å². The van der Waals surface area contributed by atoms with Crippen molar-refractivity contribution in [3.63, 3.8) is 0 Å². The van der Waals surface area contributed by atoms with Gasteiger partial charge < -0.3 is 0 Å². The summed E-state index contributed by atoms with van der Waals surface area (Å²) in [6, 6.07) is 0. The minimum atomic E-state index is -0.0984. The van der Waals surface area contributed by atoms with Crippen molar-refractivity contribution in [1.29, 1.82) is 0 Å². The molecular weight excluding hydrogens is 156 g/mol. The van der Waals surface area contributed by atoms with E-state index in [1.165, 1.54) is 0 Å². The molecule has 3 nitrogen and oxygen atoms in total. The fourth-order valence-corrected chi connectivity index (χ4v) is 1.79. The van der Waals surface area contributed by atoms with Crippen molar-refractivity contribution in [1.82, 2.24) is 0 Å². The third-order valence-corrected chi connectivity index (χ3v) is 2.58. The zero-order valence-corrected chi connectivity index (χ0v) is 7.67. The van der Waals surface area contributed by atoms with Crippen LogP contribution in [0.25, 0.3) is 0 Å². The molecule has 1 saturated carbocycles. The smallest absolute Gasteiger partial charge is 0.138 e. The van der Waals surface area contributed by atoms with Crippen LogP contribution < -0.4 is 0 Å². The van der Waals surface area contributed by atoms with E-state index in [0.717, 1.165) is 12.8 Å². The van der Waals surface area contributed by atoms with Gasteiger partial charge in [-0.3, -0.25) is 10.1 Å². The van der Waals surface area contributed by atoms with Crippen LogP contribution in [0, 0.1) is 11.3 Å². The molecule has 0 heterocycles. The summed E-state index contributed by atoms with van der Waals surface area (Å²) in [6.45, 7) is 4.44. The number of carbonyl (C=O) groups is 1. The highest BCUT2D eigenvalue weighted by atomic mass is 17.1. The summed E-state index contributed by atoms with van der Waals surface area (Å²) < 4.78 is 0.